The van der Waals surface area contributed by atoms with Gasteiger partial charge in [-0.2, -0.15) is 5.10 Å². The first-order chi connectivity index (χ1) is 11.5. The SMILES string of the molecule is CS(=O)(=O)c1cn[nH]c1C1CCN(Cc2cc3ccccc3o2)C1. The monoisotopic (exact) mass is 345 g/mol. The number of sulfone groups is 1. The number of hydrogen-bond acceptors (Lipinski definition) is 5. The molecule has 0 spiro atoms. The van der Waals surface area contributed by atoms with Gasteiger partial charge in [-0.05, 0) is 25.1 Å². The summed E-state index contributed by atoms with van der Waals surface area (Å²) in [5.41, 5.74) is 1.63. The normalized spacial score (nSPS) is 19.3. The number of benzene rings is 1. The number of aromatic amines is 1. The molecule has 24 heavy (non-hydrogen) atoms. The van der Waals surface area contributed by atoms with Crippen LogP contribution in [0.5, 0.6) is 0 Å². The Morgan fingerprint density at radius 2 is 2.21 bits per heavy atom. The summed E-state index contributed by atoms with van der Waals surface area (Å²) in [6.07, 6.45) is 3.54. The van der Waals surface area contributed by atoms with E-state index >= 15 is 0 Å². The summed E-state index contributed by atoms with van der Waals surface area (Å²) in [6, 6.07) is 10.0. The van der Waals surface area contributed by atoms with E-state index in [1.807, 2.05) is 24.3 Å². The molecule has 0 saturated carbocycles. The number of H-pyrrole nitrogens is 1. The van der Waals surface area contributed by atoms with Gasteiger partial charge in [-0.15, -0.1) is 0 Å². The quantitative estimate of drug-likeness (QED) is 0.786. The van der Waals surface area contributed by atoms with E-state index in [-0.39, 0.29) is 5.92 Å². The highest BCUT2D eigenvalue weighted by Crippen LogP contribution is 2.31. The van der Waals surface area contributed by atoms with Gasteiger partial charge >= 0.3 is 0 Å². The van der Waals surface area contributed by atoms with Gasteiger partial charge in [-0.3, -0.25) is 10.00 Å². The summed E-state index contributed by atoms with van der Waals surface area (Å²) in [5, 5.41) is 7.92. The maximum absolute atomic E-state index is 11.9. The van der Waals surface area contributed by atoms with Crippen LogP contribution in [0.2, 0.25) is 0 Å². The minimum atomic E-state index is -3.25. The molecule has 1 aliphatic heterocycles. The highest BCUT2D eigenvalue weighted by molar-refractivity contribution is 7.90. The molecule has 1 fully saturated rings. The molecule has 0 aliphatic carbocycles. The topological polar surface area (TPSA) is 79.2 Å². The van der Waals surface area contributed by atoms with Crippen molar-refractivity contribution < 1.29 is 12.8 Å². The Kier molecular flexibility index (Phi) is 3.69. The van der Waals surface area contributed by atoms with Crippen LogP contribution in [0.3, 0.4) is 0 Å². The Morgan fingerprint density at radius 1 is 1.38 bits per heavy atom. The number of para-hydroxylation sites is 1. The molecule has 4 rings (SSSR count). The van der Waals surface area contributed by atoms with Crippen LogP contribution in [0, 0.1) is 0 Å². The first kappa shape index (κ1) is 15.4. The highest BCUT2D eigenvalue weighted by Gasteiger charge is 2.30. The summed E-state index contributed by atoms with van der Waals surface area (Å²) in [7, 11) is -3.25. The molecule has 1 N–H and O–H groups in total. The first-order valence-corrected chi connectivity index (χ1v) is 9.83. The molecule has 3 heterocycles. The van der Waals surface area contributed by atoms with Gasteiger partial charge in [0.05, 0.1) is 18.4 Å². The lowest BCUT2D eigenvalue weighted by atomic mass is 10.1. The molecule has 6 nitrogen and oxygen atoms in total. The van der Waals surface area contributed by atoms with E-state index in [4.69, 9.17) is 4.42 Å². The second-order valence-corrected chi connectivity index (χ2v) is 8.38. The van der Waals surface area contributed by atoms with Crippen molar-refractivity contribution in [3.05, 3.63) is 48.0 Å². The molecule has 7 heteroatoms. The Labute approximate surface area is 140 Å². The Hall–Kier alpha value is -2.12. The minimum absolute atomic E-state index is 0.154. The maximum atomic E-state index is 11.9. The number of aromatic nitrogens is 2. The molecule has 126 valence electrons. The average Bonchev–Trinajstić information content (AvgIpc) is 3.24. The van der Waals surface area contributed by atoms with Gasteiger partial charge in [-0.25, -0.2) is 8.42 Å². The number of likely N-dealkylation sites (tertiary alicyclic amines) is 1. The van der Waals surface area contributed by atoms with Gasteiger partial charge in [0, 0.05) is 24.1 Å². The Morgan fingerprint density at radius 3 is 3.00 bits per heavy atom. The zero-order chi connectivity index (χ0) is 16.7. The van der Waals surface area contributed by atoms with Gasteiger partial charge in [0.2, 0.25) is 0 Å². The average molecular weight is 345 g/mol. The van der Waals surface area contributed by atoms with E-state index in [2.05, 4.69) is 21.2 Å². The highest BCUT2D eigenvalue weighted by atomic mass is 32.2. The molecule has 1 saturated heterocycles. The predicted octanol–water partition coefficient (Wildman–Crippen LogP) is 2.55. The van der Waals surface area contributed by atoms with Crippen molar-refractivity contribution in [2.24, 2.45) is 0 Å². The van der Waals surface area contributed by atoms with Crippen LogP contribution in [-0.2, 0) is 16.4 Å². The van der Waals surface area contributed by atoms with Crippen LogP contribution >= 0.6 is 0 Å². The maximum Gasteiger partial charge on any atom is 0.178 e. The van der Waals surface area contributed by atoms with Crippen molar-refractivity contribution in [1.82, 2.24) is 15.1 Å². The van der Waals surface area contributed by atoms with Crippen LogP contribution in [0.4, 0.5) is 0 Å². The van der Waals surface area contributed by atoms with Crippen molar-refractivity contribution in [1.29, 1.82) is 0 Å². The third kappa shape index (κ3) is 2.85. The van der Waals surface area contributed by atoms with E-state index in [1.54, 1.807) is 0 Å². The van der Waals surface area contributed by atoms with E-state index in [0.29, 0.717) is 4.90 Å². The van der Waals surface area contributed by atoms with E-state index in [9.17, 15) is 8.42 Å². The summed E-state index contributed by atoms with van der Waals surface area (Å²) >= 11 is 0. The van der Waals surface area contributed by atoms with Crippen LogP contribution in [-0.4, -0.2) is 42.9 Å². The molecule has 0 bridgehead atoms. The van der Waals surface area contributed by atoms with Gasteiger partial charge < -0.3 is 4.42 Å². The van der Waals surface area contributed by atoms with E-state index in [0.717, 1.165) is 48.5 Å². The van der Waals surface area contributed by atoms with Gasteiger partial charge in [0.15, 0.2) is 9.84 Å². The fourth-order valence-electron chi connectivity index (χ4n) is 3.42. The fourth-order valence-corrected chi connectivity index (χ4v) is 4.28. The number of furan rings is 1. The summed E-state index contributed by atoms with van der Waals surface area (Å²) in [6.45, 7) is 2.43. The molecule has 2 aromatic heterocycles. The van der Waals surface area contributed by atoms with Crippen molar-refractivity contribution in [2.75, 3.05) is 19.3 Å². The molecule has 1 aliphatic rings. The zero-order valence-corrected chi connectivity index (χ0v) is 14.2. The van der Waals surface area contributed by atoms with Crippen molar-refractivity contribution in [2.45, 2.75) is 23.8 Å². The second kappa shape index (κ2) is 5.75. The zero-order valence-electron chi connectivity index (χ0n) is 13.4. The summed E-state index contributed by atoms with van der Waals surface area (Å²) < 4.78 is 29.6. The largest absolute Gasteiger partial charge is 0.460 e. The van der Waals surface area contributed by atoms with Crippen molar-refractivity contribution in [3.63, 3.8) is 0 Å². The third-order valence-corrected chi connectivity index (χ3v) is 5.69. The first-order valence-electron chi connectivity index (χ1n) is 7.94. The number of nitrogens with one attached hydrogen (secondary N) is 1. The number of nitrogens with zero attached hydrogens (tertiary/aromatic N) is 2. The lowest BCUT2D eigenvalue weighted by Gasteiger charge is -2.14. The Bertz CT molecular complexity index is 941. The van der Waals surface area contributed by atoms with Gasteiger partial charge in [0.25, 0.3) is 0 Å². The molecule has 0 radical (unpaired) electrons. The fraction of sp³-hybridized carbons (Fsp3) is 0.353. The standard InChI is InChI=1S/C17H19N3O3S/c1-24(21,22)16-9-18-19-17(16)13-6-7-20(10-13)11-14-8-12-4-2-3-5-15(12)23-14/h2-5,8-9,13H,6-7,10-11H2,1H3,(H,18,19). The van der Waals surface area contributed by atoms with E-state index in [1.165, 1.54) is 12.5 Å². The summed E-state index contributed by atoms with van der Waals surface area (Å²) in [4.78, 5) is 2.60. The van der Waals surface area contributed by atoms with E-state index < -0.39 is 9.84 Å². The second-order valence-electron chi connectivity index (χ2n) is 6.39. The minimum Gasteiger partial charge on any atom is -0.460 e. The number of hydrogen-bond donors (Lipinski definition) is 1. The molecular weight excluding hydrogens is 326 g/mol. The van der Waals surface area contributed by atoms with Gasteiger partial charge in [-0.1, -0.05) is 18.2 Å². The summed E-state index contributed by atoms with van der Waals surface area (Å²) in [5.74, 6) is 1.09. The van der Waals surface area contributed by atoms with Crippen LogP contribution in [0.25, 0.3) is 11.0 Å². The third-order valence-electron chi connectivity index (χ3n) is 4.57. The lowest BCUT2D eigenvalue weighted by Crippen LogP contribution is -2.19. The molecule has 0 amide bonds. The van der Waals surface area contributed by atoms with Crippen LogP contribution in [0.15, 0.2) is 45.8 Å². The smallest absolute Gasteiger partial charge is 0.178 e. The Balaban J connectivity index is 1.50. The number of fused-ring (bicyclic) bond motifs is 1. The predicted molar refractivity (Wildman–Crippen MR) is 90.5 cm³/mol. The molecular formula is C17H19N3O3S. The molecule has 1 atom stereocenters. The van der Waals surface area contributed by atoms with Gasteiger partial charge in [0.1, 0.15) is 16.2 Å². The molecule has 1 unspecified atom stereocenters. The van der Waals surface area contributed by atoms with Crippen LogP contribution < -0.4 is 0 Å². The van der Waals surface area contributed by atoms with Crippen molar-refractivity contribution >= 4 is 20.8 Å². The lowest BCUT2D eigenvalue weighted by molar-refractivity contribution is 0.297. The number of rotatable bonds is 4. The molecule has 3 aromatic rings. The van der Waals surface area contributed by atoms with Crippen molar-refractivity contribution in [3.8, 4) is 0 Å². The molecule has 1 aromatic carbocycles. The van der Waals surface area contributed by atoms with Crippen LogP contribution in [0.1, 0.15) is 23.8 Å².